The van der Waals surface area contributed by atoms with Crippen LogP contribution >= 0.6 is 0 Å². The molecule has 132 valence electrons. The van der Waals surface area contributed by atoms with Crippen molar-refractivity contribution in [2.45, 2.75) is 31.9 Å². The number of rotatable bonds is 6. The second-order valence-corrected chi connectivity index (χ2v) is 6.49. The van der Waals surface area contributed by atoms with E-state index in [9.17, 15) is 4.79 Å². The maximum absolute atomic E-state index is 13.0. The first-order valence-electron chi connectivity index (χ1n) is 9.05. The first kappa shape index (κ1) is 17.5. The summed E-state index contributed by atoms with van der Waals surface area (Å²) in [6.45, 7) is 3.89. The lowest BCUT2D eigenvalue weighted by Crippen LogP contribution is -2.44. The normalized spacial score (nSPS) is 21.3. The van der Waals surface area contributed by atoms with Gasteiger partial charge in [-0.2, -0.15) is 0 Å². The summed E-state index contributed by atoms with van der Waals surface area (Å²) in [4.78, 5) is 13.0. The third-order valence-electron chi connectivity index (χ3n) is 4.81. The molecule has 0 aliphatic carbocycles. The van der Waals surface area contributed by atoms with Crippen LogP contribution in [-0.4, -0.2) is 25.2 Å². The molecule has 1 aliphatic rings. The van der Waals surface area contributed by atoms with E-state index in [1.54, 1.807) is 0 Å². The highest BCUT2D eigenvalue weighted by Crippen LogP contribution is 2.25. The molecule has 2 N–H and O–H groups in total. The Kier molecular flexibility index (Phi) is 6.07. The number of piperidine rings is 1. The van der Waals surface area contributed by atoms with E-state index >= 15 is 0 Å². The third-order valence-corrected chi connectivity index (χ3v) is 4.81. The lowest BCUT2D eigenvalue weighted by atomic mass is 9.92. The van der Waals surface area contributed by atoms with E-state index in [0.717, 1.165) is 37.2 Å². The summed E-state index contributed by atoms with van der Waals surface area (Å²) in [7, 11) is 0. The van der Waals surface area contributed by atoms with Crippen LogP contribution in [0.25, 0.3) is 0 Å². The van der Waals surface area contributed by atoms with E-state index in [-0.39, 0.29) is 12.1 Å². The number of anilines is 1. The van der Waals surface area contributed by atoms with Gasteiger partial charge in [0.1, 0.15) is 6.10 Å². The summed E-state index contributed by atoms with van der Waals surface area (Å²) >= 11 is 0. The minimum atomic E-state index is -0.511. The molecule has 1 saturated heterocycles. The highest BCUT2D eigenvalue weighted by atomic mass is 16.5. The second kappa shape index (κ2) is 8.67. The van der Waals surface area contributed by atoms with Crippen LogP contribution < -0.4 is 10.6 Å². The number of para-hydroxylation sites is 1. The van der Waals surface area contributed by atoms with Crippen LogP contribution in [0.2, 0.25) is 0 Å². The number of nitrogens with one attached hydrogen (secondary N) is 2. The van der Waals surface area contributed by atoms with Crippen LogP contribution in [0.4, 0.5) is 5.69 Å². The van der Waals surface area contributed by atoms with Gasteiger partial charge in [-0.05, 0) is 43.0 Å². The molecule has 4 nitrogen and oxygen atoms in total. The van der Waals surface area contributed by atoms with Crippen molar-refractivity contribution in [1.82, 2.24) is 5.32 Å². The second-order valence-electron chi connectivity index (χ2n) is 6.49. The minimum Gasteiger partial charge on any atom is -0.459 e. The van der Waals surface area contributed by atoms with Gasteiger partial charge in [0.2, 0.25) is 0 Å². The molecule has 0 spiro atoms. The van der Waals surface area contributed by atoms with Gasteiger partial charge in [-0.15, -0.1) is 0 Å². The minimum absolute atomic E-state index is 0.0602. The molecule has 0 aromatic heterocycles. The van der Waals surface area contributed by atoms with Crippen molar-refractivity contribution in [2.24, 2.45) is 5.92 Å². The van der Waals surface area contributed by atoms with Crippen LogP contribution in [0.5, 0.6) is 0 Å². The molecular weight excluding hydrogens is 312 g/mol. The number of hydrogen-bond donors (Lipinski definition) is 2. The Hall–Kier alpha value is -2.33. The van der Waals surface area contributed by atoms with Gasteiger partial charge in [0, 0.05) is 12.2 Å². The van der Waals surface area contributed by atoms with Gasteiger partial charge in [0.05, 0.1) is 0 Å². The van der Waals surface area contributed by atoms with Crippen molar-refractivity contribution >= 4 is 11.7 Å². The van der Waals surface area contributed by atoms with E-state index in [0.29, 0.717) is 5.92 Å². The number of hydrogen-bond acceptors (Lipinski definition) is 4. The van der Waals surface area contributed by atoms with Gasteiger partial charge >= 0.3 is 5.97 Å². The SMILES string of the molecule is CCC1CCNC[C@@H]1OC(=O)[C@H](Nc1ccccc1)c1ccccc1. The highest BCUT2D eigenvalue weighted by Gasteiger charge is 2.30. The predicted molar refractivity (Wildman–Crippen MR) is 100 cm³/mol. The largest absolute Gasteiger partial charge is 0.459 e. The Balaban J connectivity index is 1.77. The van der Waals surface area contributed by atoms with Gasteiger partial charge in [-0.3, -0.25) is 0 Å². The fraction of sp³-hybridized carbons (Fsp3) is 0.381. The summed E-state index contributed by atoms with van der Waals surface area (Å²) in [6, 6.07) is 19.0. The van der Waals surface area contributed by atoms with E-state index in [1.807, 2.05) is 60.7 Å². The van der Waals surface area contributed by atoms with Crippen LogP contribution in [0.1, 0.15) is 31.4 Å². The standard InChI is InChI=1S/C21H26N2O2/c1-2-16-13-14-22-15-19(16)25-21(24)20(17-9-5-3-6-10-17)23-18-11-7-4-8-12-18/h3-12,16,19-20,22-23H,2,13-15H2,1H3/t16?,19-,20+/m0/s1. The monoisotopic (exact) mass is 338 g/mol. The zero-order chi connectivity index (χ0) is 17.5. The summed E-state index contributed by atoms with van der Waals surface area (Å²) < 4.78 is 5.92. The molecule has 0 saturated carbocycles. The molecule has 1 fully saturated rings. The molecule has 1 unspecified atom stereocenters. The molecule has 1 aliphatic heterocycles. The Morgan fingerprint density at radius 2 is 1.84 bits per heavy atom. The van der Waals surface area contributed by atoms with Crippen LogP contribution in [-0.2, 0) is 9.53 Å². The highest BCUT2D eigenvalue weighted by molar-refractivity contribution is 5.81. The lowest BCUT2D eigenvalue weighted by Gasteiger charge is -2.32. The molecule has 3 rings (SSSR count). The van der Waals surface area contributed by atoms with Crippen LogP contribution in [0.15, 0.2) is 60.7 Å². The number of carbonyl (C=O) groups excluding carboxylic acids is 1. The van der Waals surface area contributed by atoms with Crippen molar-refractivity contribution in [3.63, 3.8) is 0 Å². The van der Waals surface area contributed by atoms with Gasteiger partial charge in [0.15, 0.2) is 6.04 Å². The number of esters is 1. The summed E-state index contributed by atoms with van der Waals surface area (Å²) in [5.41, 5.74) is 1.82. The van der Waals surface area contributed by atoms with E-state index in [2.05, 4.69) is 17.6 Å². The Morgan fingerprint density at radius 3 is 2.52 bits per heavy atom. The molecular formula is C21H26N2O2. The quantitative estimate of drug-likeness (QED) is 0.787. The smallest absolute Gasteiger partial charge is 0.333 e. The molecule has 2 aromatic carbocycles. The van der Waals surface area contributed by atoms with Crippen molar-refractivity contribution < 1.29 is 9.53 Å². The van der Waals surface area contributed by atoms with E-state index < -0.39 is 6.04 Å². The van der Waals surface area contributed by atoms with Gasteiger partial charge in [-0.1, -0.05) is 55.5 Å². The lowest BCUT2D eigenvalue weighted by molar-refractivity contribution is -0.154. The van der Waals surface area contributed by atoms with Crippen molar-refractivity contribution in [2.75, 3.05) is 18.4 Å². The summed E-state index contributed by atoms with van der Waals surface area (Å²) in [6.07, 6.45) is 2.02. The zero-order valence-corrected chi connectivity index (χ0v) is 14.7. The van der Waals surface area contributed by atoms with Crippen molar-refractivity contribution in [3.8, 4) is 0 Å². The van der Waals surface area contributed by atoms with Crippen molar-refractivity contribution in [1.29, 1.82) is 0 Å². The van der Waals surface area contributed by atoms with Gasteiger partial charge in [0.25, 0.3) is 0 Å². The zero-order valence-electron chi connectivity index (χ0n) is 14.7. The molecule has 0 bridgehead atoms. The molecule has 0 radical (unpaired) electrons. The predicted octanol–water partition coefficient (Wildman–Crippen LogP) is 3.77. The molecule has 4 heteroatoms. The molecule has 1 heterocycles. The Bertz CT molecular complexity index is 660. The Labute approximate surface area is 149 Å². The van der Waals surface area contributed by atoms with E-state index in [4.69, 9.17) is 4.74 Å². The van der Waals surface area contributed by atoms with E-state index in [1.165, 1.54) is 0 Å². The molecule has 0 amide bonds. The first-order valence-corrected chi connectivity index (χ1v) is 9.05. The number of ether oxygens (including phenoxy) is 1. The fourth-order valence-electron chi connectivity index (χ4n) is 3.33. The first-order chi connectivity index (χ1) is 12.3. The third kappa shape index (κ3) is 4.60. The molecule has 3 atom stereocenters. The fourth-order valence-corrected chi connectivity index (χ4v) is 3.33. The van der Waals surface area contributed by atoms with Crippen LogP contribution in [0, 0.1) is 5.92 Å². The molecule has 2 aromatic rings. The Morgan fingerprint density at radius 1 is 1.16 bits per heavy atom. The maximum atomic E-state index is 13.0. The van der Waals surface area contributed by atoms with Crippen LogP contribution in [0.3, 0.4) is 0 Å². The van der Waals surface area contributed by atoms with Crippen molar-refractivity contribution in [3.05, 3.63) is 66.2 Å². The van der Waals surface area contributed by atoms with Gasteiger partial charge in [-0.25, -0.2) is 4.79 Å². The summed E-state index contributed by atoms with van der Waals surface area (Å²) in [5, 5.41) is 6.66. The molecule has 25 heavy (non-hydrogen) atoms. The van der Waals surface area contributed by atoms with Gasteiger partial charge < -0.3 is 15.4 Å². The average Bonchev–Trinajstić information content (AvgIpc) is 2.68. The summed E-state index contributed by atoms with van der Waals surface area (Å²) in [5.74, 6) is 0.209. The topological polar surface area (TPSA) is 50.4 Å². The number of carbonyl (C=O) groups is 1. The number of benzene rings is 2. The average molecular weight is 338 g/mol. The maximum Gasteiger partial charge on any atom is 0.333 e.